The zero-order chi connectivity index (χ0) is 24.9. The second-order valence-electron chi connectivity index (χ2n) is 8.88. The van der Waals surface area contributed by atoms with Crippen LogP contribution in [0.2, 0.25) is 5.02 Å². The third-order valence-corrected chi connectivity index (χ3v) is 7.04. The number of imide groups is 1. The molecule has 1 fully saturated rings. The highest BCUT2D eigenvalue weighted by molar-refractivity contribution is 6.31. The maximum absolute atomic E-state index is 12.8. The van der Waals surface area contributed by atoms with Gasteiger partial charge in [-0.1, -0.05) is 17.7 Å². The third-order valence-electron chi connectivity index (χ3n) is 6.80. The van der Waals surface area contributed by atoms with Crippen LogP contribution < -0.4 is 4.74 Å². The molecular formula is C24H20ClN3O7. The maximum atomic E-state index is 12.8. The Morgan fingerprint density at radius 1 is 1.09 bits per heavy atom. The van der Waals surface area contributed by atoms with Gasteiger partial charge >= 0.3 is 0 Å². The van der Waals surface area contributed by atoms with Gasteiger partial charge in [0, 0.05) is 50.0 Å². The molecule has 10 nitrogen and oxygen atoms in total. The van der Waals surface area contributed by atoms with Gasteiger partial charge in [0.1, 0.15) is 16.9 Å². The van der Waals surface area contributed by atoms with Crippen molar-refractivity contribution in [3.05, 3.63) is 68.2 Å². The Kier molecular flexibility index (Phi) is 5.55. The molecule has 1 saturated heterocycles. The normalized spacial score (nSPS) is 18.4. The van der Waals surface area contributed by atoms with E-state index in [4.69, 9.17) is 16.3 Å². The average Bonchev–Trinajstić information content (AvgIpc) is 3.08. The first-order chi connectivity index (χ1) is 16.7. The van der Waals surface area contributed by atoms with Crippen LogP contribution in [0, 0.1) is 10.1 Å². The lowest BCUT2D eigenvalue weighted by atomic mass is 9.82. The van der Waals surface area contributed by atoms with Crippen molar-refractivity contribution in [1.82, 2.24) is 9.80 Å². The summed E-state index contributed by atoms with van der Waals surface area (Å²) in [6.07, 6.45) is 1.03. The van der Waals surface area contributed by atoms with Crippen molar-refractivity contribution in [3.63, 3.8) is 0 Å². The quantitative estimate of drug-likeness (QED) is 0.360. The van der Waals surface area contributed by atoms with E-state index < -0.39 is 28.0 Å². The number of halogens is 1. The number of likely N-dealkylation sites (tertiary alicyclic amines) is 1. The second-order valence-corrected chi connectivity index (χ2v) is 9.31. The zero-order valence-electron chi connectivity index (χ0n) is 18.5. The van der Waals surface area contributed by atoms with Crippen molar-refractivity contribution in [2.75, 3.05) is 19.6 Å². The van der Waals surface area contributed by atoms with E-state index >= 15 is 0 Å². The Balaban J connectivity index is 1.21. The van der Waals surface area contributed by atoms with E-state index in [0.717, 1.165) is 4.90 Å². The van der Waals surface area contributed by atoms with Gasteiger partial charge in [-0.15, -0.1) is 0 Å². The van der Waals surface area contributed by atoms with Crippen LogP contribution in [0.5, 0.6) is 5.75 Å². The Hall–Kier alpha value is -3.79. The number of ketones is 1. The molecule has 1 spiro atoms. The molecule has 0 bridgehead atoms. The molecule has 11 heteroatoms. The van der Waals surface area contributed by atoms with Gasteiger partial charge in [0.15, 0.2) is 5.78 Å². The van der Waals surface area contributed by atoms with Gasteiger partial charge in [0.25, 0.3) is 17.5 Å². The summed E-state index contributed by atoms with van der Waals surface area (Å²) in [5.41, 5.74) is -0.923. The van der Waals surface area contributed by atoms with E-state index in [1.165, 1.54) is 18.2 Å². The number of carbonyl (C=O) groups excluding carboxylic acids is 4. The molecule has 3 aliphatic heterocycles. The number of fused-ring (bicyclic) bond motifs is 2. The molecule has 0 aromatic heterocycles. The first-order valence-corrected chi connectivity index (χ1v) is 11.5. The van der Waals surface area contributed by atoms with Crippen LogP contribution >= 0.6 is 11.6 Å². The number of rotatable bonds is 4. The van der Waals surface area contributed by atoms with Crippen LogP contribution in [-0.2, 0) is 4.79 Å². The second kappa shape index (κ2) is 8.46. The van der Waals surface area contributed by atoms with Gasteiger partial charge in [0.2, 0.25) is 5.91 Å². The minimum absolute atomic E-state index is 0.0303. The summed E-state index contributed by atoms with van der Waals surface area (Å²) in [6.45, 7) is 0.554. The number of nitrogens with zero attached hydrogens (tertiary/aromatic N) is 3. The topological polar surface area (TPSA) is 127 Å². The molecule has 3 heterocycles. The molecule has 35 heavy (non-hydrogen) atoms. The van der Waals surface area contributed by atoms with Crippen molar-refractivity contribution >= 4 is 40.8 Å². The minimum Gasteiger partial charge on any atom is -0.486 e. The molecule has 3 amide bonds. The molecule has 180 valence electrons. The van der Waals surface area contributed by atoms with Gasteiger partial charge in [-0.05, 0) is 24.3 Å². The predicted octanol–water partition coefficient (Wildman–Crippen LogP) is 3.26. The van der Waals surface area contributed by atoms with Crippen LogP contribution in [0.4, 0.5) is 5.69 Å². The van der Waals surface area contributed by atoms with Crippen LogP contribution in [0.15, 0.2) is 36.4 Å². The van der Waals surface area contributed by atoms with Crippen LogP contribution in [0.25, 0.3) is 0 Å². The van der Waals surface area contributed by atoms with Gasteiger partial charge in [-0.3, -0.25) is 34.2 Å². The number of hydrogen-bond acceptors (Lipinski definition) is 7. The average molecular weight is 498 g/mol. The standard InChI is InChI=1S/C24H20ClN3O7/c25-14-4-5-19-16(12-14)18(29)13-24(35-19)7-10-26(11-8-24)20(30)6-9-27-22(31)15-2-1-3-17(28(33)34)21(15)23(27)32/h1-5,12H,6-11,13H2. The molecule has 0 saturated carbocycles. The molecule has 2 aromatic rings. The first kappa shape index (κ1) is 23.0. The summed E-state index contributed by atoms with van der Waals surface area (Å²) in [5, 5.41) is 11.7. The summed E-state index contributed by atoms with van der Waals surface area (Å²) < 4.78 is 6.18. The Bertz CT molecular complexity index is 1300. The highest BCUT2D eigenvalue weighted by atomic mass is 35.5. The molecule has 0 unspecified atom stereocenters. The van der Waals surface area contributed by atoms with E-state index in [1.807, 2.05) is 0 Å². The third kappa shape index (κ3) is 3.93. The van der Waals surface area contributed by atoms with Crippen LogP contribution in [0.3, 0.4) is 0 Å². The predicted molar refractivity (Wildman–Crippen MR) is 123 cm³/mol. The highest BCUT2D eigenvalue weighted by Crippen LogP contribution is 2.40. The van der Waals surface area contributed by atoms with Crippen molar-refractivity contribution in [3.8, 4) is 5.75 Å². The zero-order valence-corrected chi connectivity index (χ0v) is 19.2. The number of Topliss-reactive ketones (excluding diaryl/α,β-unsaturated/α-hetero) is 1. The van der Waals surface area contributed by atoms with Gasteiger partial charge < -0.3 is 9.64 Å². The van der Waals surface area contributed by atoms with E-state index in [-0.39, 0.29) is 42.2 Å². The van der Waals surface area contributed by atoms with Crippen molar-refractivity contribution in [2.45, 2.75) is 31.3 Å². The molecule has 2 aromatic carbocycles. The fourth-order valence-electron chi connectivity index (χ4n) is 4.95. The number of hydrogen-bond donors (Lipinski definition) is 0. The fourth-order valence-corrected chi connectivity index (χ4v) is 5.12. The molecule has 0 atom stereocenters. The van der Waals surface area contributed by atoms with Gasteiger partial charge in [-0.2, -0.15) is 0 Å². The van der Waals surface area contributed by atoms with Crippen molar-refractivity contribution in [1.29, 1.82) is 0 Å². The number of carbonyl (C=O) groups is 4. The Morgan fingerprint density at radius 3 is 2.54 bits per heavy atom. The SMILES string of the molecule is O=C1CC2(CCN(C(=O)CCN3C(=O)c4cccc([N+](=O)[O-])c4C3=O)CC2)Oc2ccc(Cl)cc21. The fraction of sp³-hybridized carbons (Fsp3) is 0.333. The molecule has 0 aliphatic carbocycles. The number of ether oxygens (including phenoxy) is 1. The minimum atomic E-state index is -0.768. The highest BCUT2D eigenvalue weighted by Gasteiger charge is 2.44. The van der Waals surface area contributed by atoms with Crippen LogP contribution in [-0.4, -0.2) is 63.5 Å². The van der Waals surface area contributed by atoms with E-state index in [1.54, 1.807) is 23.1 Å². The molecule has 0 N–H and O–H groups in total. The lowest BCUT2D eigenvalue weighted by Crippen LogP contribution is -2.52. The summed E-state index contributed by atoms with van der Waals surface area (Å²) in [5.74, 6) is -1.22. The summed E-state index contributed by atoms with van der Waals surface area (Å²) in [4.78, 5) is 63.9. The number of benzene rings is 2. The molecule has 0 radical (unpaired) electrons. The first-order valence-electron chi connectivity index (χ1n) is 11.1. The summed E-state index contributed by atoms with van der Waals surface area (Å²) in [7, 11) is 0. The van der Waals surface area contributed by atoms with Crippen molar-refractivity contribution < 1.29 is 28.8 Å². The monoisotopic (exact) mass is 497 g/mol. The number of nitro groups is 1. The lowest BCUT2D eigenvalue weighted by Gasteiger charge is -2.44. The van der Waals surface area contributed by atoms with Gasteiger partial charge in [-0.25, -0.2) is 0 Å². The lowest BCUT2D eigenvalue weighted by molar-refractivity contribution is -0.385. The van der Waals surface area contributed by atoms with Crippen molar-refractivity contribution in [2.24, 2.45) is 0 Å². The Labute approximate surface area is 204 Å². The molecule has 5 rings (SSSR count). The largest absolute Gasteiger partial charge is 0.486 e. The summed E-state index contributed by atoms with van der Waals surface area (Å²) in [6, 6.07) is 8.84. The Morgan fingerprint density at radius 2 is 1.83 bits per heavy atom. The molecule has 3 aliphatic rings. The maximum Gasteiger partial charge on any atom is 0.282 e. The number of nitro benzene ring substituents is 1. The van der Waals surface area contributed by atoms with Gasteiger partial charge in [0.05, 0.1) is 22.5 Å². The van der Waals surface area contributed by atoms with E-state index in [2.05, 4.69) is 0 Å². The van der Waals surface area contributed by atoms with E-state index in [9.17, 15) is 29.3 Å². The summed E-state index contributed by atoms with van der Waals surface area (Å²) >= 11 is 5.99. The number of amides is 3. The van der Waals surface area contributed by atoms with E-state index in [0.29, 0.717) is 42.3 Å². The number of piperidine rings is 1. The molecular weight excluding hydrogens is 478 g/mol. The smallest absolute Gasteiger partial charge is 0.282 e. The van der Waals surface area contributed by atoms with Crippen LogP contribution in [0.1, 0.15) is 56.8 Å².